The van der Waals surface area contributed by atoms with Crippen LogP contribution in [0, 0.1) is 0 Å². The molecule has 0 amide bonds. The average Bonchev–Trinajstić information content (AvgIpc) is 4.10. The van der Waals surface area contributed by atoms with E-state index in [2.05, 4.69) is 264 Å². The lowest BCUT2D eigenvalue weighted by atomic mass is 10.1. The fourth-order valence-electron chi connectivity index (χ4n) is 11.3. The summed E-state index contributed by atoms with van der Waals surface area (Å²) in [6, 6.07) is 93.2. The van der Waals surface area contributed by atoms with Crippen LogP contribution in [0.15, 0.2) is 255 Å². The van der Waals surface area contributed by atoms with Gasteiger partial charge in [0.25, 0.3) is 0 Å². The minimum absolute atomic E-state index is 0.692. The number of thiophene rings is 1. The quantitative estimate of drug-likeness (QED) is 0.112. The molecule has 0 unspecified atom stereocenters. The Morgan fingerprint density at radius 1 is 0.343 bits per heavy atom. The van der Waals surface area contributed by atoms with Crippen LogP contribution in [0.5, 0.6) is 0 Å². The molecule has 6 heteroatoms. The van der Waals surface area contributed by atoms with E-state index in [0.29, 0.717) is 5.82 Å². The second kappa shape index (κ2) is 16.2. The van der Waals surface area contributed by atoms with E-state index in [4.69, 9.17) is 9.97 Å². The summed E-state index contributed by atoms with van der Waals surface area (Å²) in [5.74, 6) is 1.51. The van der Waals surface area contributed by atoms with Gasteiger partial charge in [0.1, 0.15) is 5.82 Å². The van der Waals surface area contributed by atoms with Gasteiger partial charge in [0.05, 0.1) is 27.8 Å². The third kappa shape index (κ3) is 6.20. The Bertz CT molecular complexity index is 4160. The number of hydrogen-bond acceptors (Lipinski definition) is 3. The van der Waals surface area contributed by atoms with E-state index in [0.717, 1.165) is 44.7 Å². The Morgan fingerprint density at radius 3 is 1.49 bits per heavy atom. The molecule has 328 valence electrons. The van der Waals surface area contributed by atoms with Gasteiger partial charge in [-0.25, -0.2) is 9.97 Å². The van der Waals surface area contributed by atoms with Gasteiger partial charge in [-0.1, -0.05) is 200 Å². The largest absolute Gasteiger partial charge is 0.309 e. The van der Waals surface area contributed by atoms with E-state index in [1.54, 1.807) is 0 Å². The molecule has 4 heterocycles. The highest BCUT2D eigenvalue weighted by molar-refractivity contribution is 7.26. The summed E-state index contributed by atoms with van der Waals surface area (Å²) in [6.45, 7) is 0. The van der Waals surface area contributed by atoms with E-state index in [1.165, 1.54) is 68.1 Å². The van der Waals surface area contributed by atoms with Crippen LogP contribution in [0.4, 0.5) is 0 Å². The van der Waals surface area contributed by atoms with Crippen molar-refractivity contribution in [2.45, 2.75) is 0 Å². The van der Waals surface area contributed by atoms with E-state index < -0.39 is 8.07 Å². The van der Waals surface area contributed by atoms with Crippen LogP contribution in [0.2, 0.25) is 0 Å². The van der Waals surface area contributed by atoms with Crippen LogP contribution in [0.1, 0.15) is 0 Å². The Kier molecular flexibility index (Phi) is 9.37. The molecule has 0 fully saturated rings. The SMILES string of the molecule is c1ccc([Si](c2ccccc2)(c2ccccc2)c2cccc(-c3cc(-n4c5ccccc5c5cc(-n6c7ccccc7c7ccccc76)ccc54)nc(-c4cccc5sc6ccccc6c45)n3)c2)cc1. The van der Waals surface area contributed by atoms with Crippen molar-refractivity contribution in [3.8, 4) is 34.2 Å². The second-order valence-electron chi connectivity index (χ2n) is 18.1. The van der Waals surface area contributed by atoms with Crippen molar-refractivity contribution in [1.29, 1.82) is 0 Å². The van der Waals surface area contributed by atoms with Crippen LogP contribution in [-0.2, 0) is 0 Å². The summed E-state index contributed by atoms with van der Waals surface area (Å²) < 4.78 is 7.22. The van der Waals surface area contributed by atoms with Crippen LogP contribution in [0.3, 0.4) is 0 Å². The number of fused-ring (bicyclic) bond motifs is 9. The van der Waals surface area contributed by atoms with Crippen LogP contribution in [0.25, 0.3) is 97.9 Å². The highest BCUT2D eigenvalue weighted by Gasteiger charge is 2.41. The van der Waals surface area contributed by atoms with Gasteiger partial charge < -0.3 is 4.57 Å². The number of nitrogens with zero attached hydrogens (tertiary/aromatic N) is 4. The lowest BCUT2D eigenvalue weighted by Gasteiger charge is -2.34. The molecule has 0 saturated carbocycles. The summed E-state index contributed by atoms with van der Waals surface area (Å²) in [5.41, 5.74) is 8.59. The Hall–Kier alpha value is -8.68. The van der Waals surface area contributed by atoms with Gasteiger partial charge in [-0.05, 0) is 69.3 Å². The maximum atomic E-state index is 5.64. The van der Waals surface area contributed by atoms with Crippen LogP contribution in [-0.4, -0.2) is 27.2 Å². The molecule has 0 aliphatic rings. The normalized spacial score (nSPS) is 12.0. The maximum Gasteiger partial charge on any atom is 0.179 e. The molecule has 14 rings (SSSR count). The predicted molar refractivity (Wildman–Crippen MR) is 298 cm³/mol. The first kappa shape index (κ1) is 40.4. The van der Waals surface area contributed by atoms with E-state index in [1.807, 2.05) is 11.3 Å². The van der Waals surface area contributed by atoms with Crippen LogP contribution < -0.4 is 20.7 Å². The Balaban J connectivity index is 1.04. The van der Waals surface area contributed by atoms with E-state index in [-0.39, 0.29) is 0 Å². The second-order valence-corrected chi connectivity index (χ2v) is 23.0. The Morgan fingerprint density at radius 2 is 0.843 bits per heavy atom. The molecule has 10 aromatic carbocycles. The van der Waals surface area contributed by atoms with E-state index in [9.17, 15) is 0 Å². The van der Waals surface area contributed by atoms with Crippen molar-refractivity contribution in [2.75, 3.05) is 0 Å². The predicted octanol–water partition coefficient (Wildman–Crippen LogP) is 13.8. The molecule has 0 saturated heterocycles. The number of rotatable bonds is 8. The fraction of sp³-hybridized carbons (Fsp3) is 0. The van der Waals surface area contributed by atoms with Gasteiger partial charge in [0.2, 0.25) is 0 Å². The zero-order valence-electron chi connectivity index (χ0n) is 37.9. The average molecular weight is 927 g/mol. The molecule has 0 aliphatic carbocycles. The maximum absolute atomic E-state index is 5.64. The van der Waals surface area contributed by atoms with Crippen molar-refractivity contribution in [2.24, 2.45) is 0 Å². The molecule has 4 aromatic heterocycles. The monoisotopic (exact) mass is 926 g/mol. The van der Waals surface area contributed by atoms with Gasteiger partial charge in [-0.3, -0.25) is 4.57 Å². The first-order valence-electron chi connectivity index (χ1n) is 23.8. The number of para-hydroxylation sites is 3. The van der Waals surface area contributed by atoms with Gasteiger partial charge in [-0.15, -0.1) is 11.3 Å². The smallest absolute Gasteiger partial charge is 0.179 e. The molecule has 4 nitrogen and oxygen atoms in total. The summed E-state index contributed by atoms with van der Waals surface area (Å²) >= 11 is 1.82. The summed E-state index contributed by atoms with van der Waals surface area (Å²) in [5, 5.41) is 12.5. The topological polar surface area (TPSA) is 35.6 Å². The lowest BCUT2D eigenvalue weighted by molar-refractivity contribution is 1.05. The van der Waals surface area contributed by atoms with Crippen LogP contribution >= 0.6 is 11.3 Å². The molecule has 0 atom stereocenters. The summed E-state index contributed by atoms with van der Waals surface area (Å²) in [4.78, 5) is 11.3. The lowest BCUT2D eigenvalue weighted by Crippen LogP contribution is -2.74. The first-order chi connectivity index (χ1) is 34.7. The zero-order chi connectivity index (χ0) is 46.2. The van der Waals surface area contributed by atoms with Gasteiger partial charge in [-0.2, -0.15) is 0 Å². The van der Waals surface area contributed by atoms with Gasteiger partial charge >= 0.3 is 0 Å². The molecule has 0 aliphatic heterocycles. The third-order valence-corrected chi connectivity index (χ3v) is 20.2. The summed E-state index contributed by atoms with van der Waals surface area (Å²) in [6.07, 6.45) is 0. The minimum Gasteiger partial charge on any atom is -0.309 e. The number of hydrogen-bond donors (Lipinski definition) is 0. The molecule has 70 heavy (non-hydrogen) atoms. The number of aromatic nitrogens is 4. The molecule has 0 N–H and O–H groups in total. The van der Waals surface area contributed by atoms with Crippen molar-refractivity contribution in [1.82, 2.24) is 19.1 Å². The van der Waals surface area contributed by atoms with Crippen molar-refractivity contribution < 1.29 is 0 Å². The molecule has 14 aromatic rings. The highest BCUT2D eigenvalue weighted by Crippen LogP contribution is 2.41. The number of benzene rings is 10. The van der Waals surface area contributed by atoms with Crippen molar-refractivity contribution in [3.05, 3.63) is 255 Å². The first-order valence-corrected chi connectivity index (χ1v) is 26.6. The van der Waals surface area contributed by atoms with E-state index >= 15 is 0 Å². The fourth-order valence-corrected chi connectivity index (χ4v) is 17.2. The molecule has 0 spiro atoms. The third-order valence-electron chi connectivity index (χ3n) is 14.3. The molecule has 0 bridgehead atoms. The Labute approximate surface area is 409 Å². The van der Waals surface area contributed by atoms with Gasteiger partial charge in [0.15, 0.2) is 13.9 Å². The standard InChI is InChI=1S/C64H42N4SSi/c1-4-21-45(22-5-1)70(46-23-6-2-7-24-46,47-25-8-3-9-26-47)48-27-18-20-43(40-48)55-42-62(66-64(65-55)53-32-19-37-61-63(53)52-31-13-17-36-60(52)69-61)68-58-35-16-12-30-51(58)54-41-44(38-39-59(54)68)67-56-33-14-10-28-49(56)50-29-11-15-34-57(50)67/h1-42H. The molecular formula is C64H42N4SSi. The zero-order valence-corrected chi connectivity index (χ0v) is 39.8. The van der Waals surface area contributed by atoms with Gasteiger partial charge in [0, 0.05) is 64.6 Å². The minimum atomic E-state index is -2.85. The molecular weight excluding hydrogens is 885 g/mol. The van der Waals surface area contributed by atoms with Crippen molar-refractivity contribution >= 4 is 104 Å². The summed E-state index contributed by atoms with van der Waals surface area (Å²) in [7, 11) is -2.85. The molecule has 0 radical (unpaired) electrons. The van der Waals surface area contributed by atoms with Crippen molar-refractivity contribution in [3.63, 3.8) is 0 Å². The highest BCUT2D eigenvalue weighted by atomic mass is 32.1.